The molecule has 3 rings (SSSR count). The molecule has 0 aliphatic carbocycles. The standard InChI is InChI=1S/C18H13F3N4O5S/c1-25-9-23-14-4-2-10(6-11(14)18(25)26)30-17-12(7-22)15(5-3-13(17)19)24-31(27,28)29-8-16(20)21/h2-6,9,16,24H,8H2,1H3. The second-order valence-electron chi connectivity index (χ2n) is 6.08. The van der Waals surface area contributed by atoms with E-state index in [-0.39, 0.29) is 11.1 Å². The van der Waals surface area contributed by atoms with Crippen molar-refractivity contribution in [1.29, 1.82) is 5.26 Å². The van der Waals surface area contributed by atoms with E-state index in [9.17, 15) is 31.6 Å². The number of halogens is 3. The van der Waals surface area contributed by atoms with Gasteiger partial charge in [-0.3, -0.25) is 9.52 Å². The first-order valence-corrected chi connectivity index (χ1v) is 9.83. The summed E-state index contributed by atoms with van der Waals surface area (Å²) >= 11 is 0. The molecule has 0 aliphatic heterocycles. The van der Waals surface area contributed by atoms with E-state index in [0.717, 1.165) is 12.1 Å². The van der Waals surface area contributed by atoms with Crippen LogP contribution in [0.25, 0.3) is 10.9 Å². The molecule has 162 valence electrons. The van der Waals surface area contributed by atoms with Crippen LogP contribution < -0.4 is 15.0 Å². The van der Waals surface area contributed by atoms with Crippen molar-refractivity contribution >= 4 is 26.9 Å². The molecule has 13 heteroatoms. The van der Waals surface area contributed by atoms with E-state index >= 15 is 0 Å². The molecule has 2 aromatic carbocycles. The number of alkyl halides is 2. The maximum absolute atomic E-state index is 14.4. The Kier molecular flexibility index (Phi) is 6.14. The van der Waals surface area contributed by atoms with Crippen molar-refractivity contribution in [1.82, 2.24) is 9.55 Å². The molecule has 0 fully saturated rings. The van der Waals surface area contributed by atoms with Crippen LogP contribution >= 0.6 is 0 Å². The zero-order valence-electron chi connectivity index (χ0n) is 15.7. The van der Waals surface area contributed by atoms with Crippen molar-refractivity contribution in [2.45, 2.75) is 6.43 Å². The number of aryl methyl sites for hydroxylation is 1. The van der Waals surface area contributed by atoms with E-state index in [1.807, 2.05) is 0 Å². The number of nitriles is 1. The zero-order chi connectivity index (χ0) is 22.8. The Morgan fingerprint density at radius 2 is 2.03 bits per heavy atom. The van der Waals surface area contributed by atoms with Gasteiger partial charge in [0.1, 0.15) is 24.0 Å². The number of hydrogen-bond donors (Lipinski definition) is 1. The summed E-state index contributed by atoms with van der Waals surface area (Å²) in [5.41, 5.74) is -1.06. The molecule has 0 aliphatic rings. The quantitative estimate of drug-likeness (QED) is 0.582. The molecule has 0 unspecified atom stereocenters. The first-order valence-electron chi connectivity index (χ1n) is 8.42. The van der Waals surface area contributed by atoms with Crippen LogP contribution in [0.2, 0.25) is 0 Å². The molecule has 0 saturated carbocycles. The number of aromatic nitrogens is 2. The lowest BCUT2D eigenvalue weighted by atomic mass is 10.1. The molecular formula is C18H13F3N4O5S. The van der Waals surface area contributed by atoms with Crippen molar-refractivity contribution in [3.63, 3.8) is 0 Å². The van der Waals surface area contributed by atoms with Gasteiger partial charge < -0.3 is 9.30 Å². The Morgan fingerprint density at radius 1 is 1.29 bits per heavy atom. The second kappa shape index (κ2) is 8.62. The maximum atomic E-state index is 14.4. The molecule has 9 nitrogen and oxygen atoms in total. The van der Waals surface area contributed by atoms with Gasteiger partial charge >= 0.3 is 10.3 Å². The molecule has 0 radical (unpaired) electrons. The van der Waals surface area contributed by atoms with E-state index in [0.29, 0.717) is 5.52 Å². The molecule has 31 heavy (non-hydrogen) atoms. The smallest absolute Gasteiger partial charge is 0.360 e. The summed E-state index contributed by atoms with van der Waals surface area (Å²) < 4.78 is 74.9. The van der Waals surface area contributed by atoms with Crippen molar-refractivity contribution in [2.75, 3.05) is 11.3 Å². The summed E-state index contributed by atoms with van der Waals surface area (Å²) in [5, 5.41) is 9.58. The Hall–Kier alpha value is -3.63. The van der Waals surface area contributed by atoms with Crippen LogP contribution in [-0.2, 0) is 21.5 Å². The lowest BCUT2D eigenvalue weighted by Crippen LogP contribution is -2.20. The fraction of sp³-hybridized carbons (Fsp3) is 0.167. The predicted molar refractivity (Wildman–Crippen MR) is 103 cm³/mol. The van der Waals surface area contributed by atoms with E-state index in [4.69, 9.17) is 4.74 Å². The van der Waals surface area contributed by atoms with Gasteiger partial charge in [-0.05, 0) is 30.3 Å². The van der Waals surface area contributed by atoms with Crippen LogP contribution in [0, 0.1) is 17.1 Å². The van der Waals surface area contributed by atoms with Gasteiger partial charge in [0, 0.05) is 7.05 Å². The first kappa shape index (κ1) is 22.1. The summed E-state index contributed by atoms with van der Waals surface area (Å²) in [7, 11) is -3.23. The van der Waals surface area contributed by atoms with E-state index in [2.05, 4.69) is 9.17 Å². The third kappa shape index (κ3) is 4.93. The van der Waals surface area contributed by atoms with E-state index in [1.165, 1.54) is 36.1 Å². The van der Waals surface area contributed by atoms with Crippen LogP contribution in [-0.4, -0.2) is 31.0 Å². The highest BCUT2D eigenvalue weighted by molar-refractivity contribution is 7.88. The summed E-state index contributed by atoms with van der Waals surface area (Å²) in [4.78, 5) is 16.3. The van der Waals surface area contributed by atoms with Gasteiger partial charge in [0.25, 0.3) is 12.0 Å². The minimum Gasteiger partial charge on any atom is -0.453 e. The average Bonchev–Trinajstić information content (AvgIpc) is 2.72. The predicted octanol–water partition coefficient (Wildman–Crippen LogP) is 2.67. The Bertz CT molecular complexity index is 1350. The Labute approximate surface area is 173 Å². The zero-order valence-corrected chi connectivity index (χ0v) is 16.5. The average molecular weight is 454 g/mol. The molecular weight excluding hydrogens is 441 g/mol. The third-order valence-electron chi connectivity index (χ3n) is 3.91. The molecule has 0 bridgehead atoms. The third-order valence-corrected chi connectivity index (χ3v) is 4.83. The van der Waals surface area contributed by atoms with Crippen molar-refractivity contribution in [2.24, 2.45) is 7.05 Å². The highest BCUT2D eigenvalue weighted by Crippen LogP contribution is 2.34. The molecule has 0 spiro atoms. The maximum Gasteiger partial charge on any atom is 0.360 e. The largest absolute Gasteiger partial charge is 0.453 e. The molecule has 0 saturated heterocycles. The second-order valence-corrected chi connectivity index (χ2v) is 7.43. The van der Waals surface area contributed by atoms with Crippen LogP contribution in [0.3, 0.4) is 0 Å². The fourth-order valence-corrected chi connectivity index (χ4v) is 3.31. The van der Waals surface area contributed by atoms with Crippen molar-refractivity contribution in [3.05, 3.63) is 58.4 Å². The van der Waals surface area contributed by atoms with Gasteiger partial charge in [0.05, 0.1) is 22.9 Å². The van der Waals surface area contributed by atoms with Gasteiger partial charge in [-0.25, -0.2) is 22.3 Å². The Balaban J connectivity index is 2.00. The number of anilines is 1. The van der Waals surface area contributed by atoms with Crippen LogP contribution in [0.5, 0.6) is 11.5 Å². The summed E-state index contributed by atoms with van der Waals surface area (Å²) in [6, 6.07) is 7.42. The lowest BCUT2D eigenvalue weighted by molar-refractivity contribution is 0.0853. The highest BCUT2D eigenvalue weighted by atomic mass is 32.2. The first-order chi connectivity index (χ1) is 14.6. The molecule has 3 aromatic rings. The van der Waals surface area contributed by atoms with Crippen LogP contribution in [0.4, 0.5) is 18.9 Å². The van der Waals surface area contributed by atoms with Gasteiger partial charge in [0.15, 0.2) is 11.6 Å². The fourth-order valence-electron chi connectivity index (χ4n) is 2.53. The molecule has 1 N–H and O–H groups in total. The number of fused-ring (bicyclic) bond motifs is 1. The number of rotatable bonds is 7. The van der Waals surface area contributed by atoms with Gasteiger partial charge in [-0.15, -0.1) is 0 Å². The summed E-state index contributed by atoms with van der Waals surface area (Å²) in [6.07, 6.45) is -1.72. The van der Waals surface area contributed by atoms with Gasteiger partial charge in [0.2, 0.25) is 0 Å². The minimum atomic E-state index is -4.72. The molecule has 1 aromatic heterocycles. The van der Waals surface area contributed by atoms with Gasteiger partial charge in [-0.1, -0.05) is 0 Å². The number of benzene rings is 2. The van der Waals surface area contributed by atoms with Crippen LogP contribution in [0.1, 0.15) is 5.56 Å². The Morgan fingerprint density at radius 3 is 2.71 bits per heavy atom. The number of ether oxygens (including phenoxy) is 1. The number of hydrogen-bond acceptors (Lipinski definition) is 7. The lowest BCUT2D eigenvalue weighted by Gasteiger charge is -2.14. The van der Waals surface area contributed by atoms with Gasteiger partial charge in [-0.2, -0.15) is 13.7 Å². The summed E-state index contributed by atoms with van der Waals surface area (Å²) in [5.74, 6) is -1.68. The SMILES string of the molecule is Cn1cnc2ccc(Oc3c(F)ccc(NS(=O)(=O)OCC(F)F)c3C#N)cc2c1=O. The van der Waals surface area contributed by atoms with Crippen LogP contribution in [0.15, 0.2) is 41.5 Å². The van der Waals surface area contributed by atoms with Crippen molar-refractivity contribution in [3.8, 4) is 17.6 Å². The topological polar surface area (TPSA) is 123 Å². The normalized spacial score (nSPS) is 11.5. The summed E-state index contributed by atoms with van der Waals surface area (Å²) in [6.45, 7) is -1.40. The van der Waals surface area contributed by atoms with E-state index in [1.54, 1.807) is 10.8 Å². The molecule has 1 heterocycles. The van der Waals surface area contributed by atoms with Crippen molar-refractivity contribution < 1.29 is 30.5 Å². The number of nitrogens with zero attached hydrogens (tertiary/aromatic N) is 3. The minimum absolute atomic E-state index is 0.0260. The monoisotopic (exact) mass is 454 g/mol. The molecule has 0 atom stereocenters. The number of nitrogens with one attached hydrogen (secondary N) is 1. The highest BCUT2D eigenvalue weighted by Gasteiger charge is 2.21. The van der Waals surface area contributed by atoms with E-state index < -0.39 is 51.7 Å². The molecule has 0 amide bonds.